The van der Waals surface area contributed by atoms with Gasteiger partial charge in [-0.25, -0.2) is 18.6 Å². The Hall–Kier alpha value is -2.78. The molecule has 7 rings (SSSR count). The van der Waals surface area contributed by atoms with E-state index in [-0.39, 0.29) is 28.0 Å². The minimum absolute atomic E-state index is 0.136. The number of rotatable bonds is 5. The molecule has 186 valence electrons. The van der Waals surface area contributed by atoms with E-state index in [9.17, 15) is 18.4 Å². The Kier molecular flexibility index (Phi) is 4.52. The number of nitrogens with one attached hydrogen (secondary N) is 2. The zero-order chi connectivity index (χ0) is 23.9. The molecule has 2 saturated heterocycles. The van der Waals surface area contributed by atoms with Gasteiger partial charge in [0.1, 0.15) is 5.82 Å². The lowest BCUT2D eigenvalue weighted by atomic mass is 9.56. The number of halogens is 2. The van der Waals surface area contributed by atoms with Crippen LogP contribution < -0.4 is 5.56 Å². The third-order valence-electron chi connectivity index (χ3n) is 9.06. The molecule has 4 heterocycles. The van der Waals surface area contributed by atoms with Gasteiger partial charge in [-0.05, 0) is 56.9 Å². The number of pyridine rings is 1. The maximum absolute atomic E-state index is 12.9. The van der Waals surface area contributed by atoms with Gasteiger partial charge in [0.05, 0.1) is 0 Å². The Morgan fingerprint density at radius 2 is 1.71 bits per heavy atom. The number of carbonyl (C=O) groups is 1. The van der Waals surface area contributed by atoms with E-state index in [1.54, 1.807) is 0 Å². The first kappa shape index (κ1) is 21.5. The normalized spacial score (nSPS) is 24.9. The molecule has 2 aromatic rings. The summed E-state index contributed by atoms with van der Waals surface area (Å²) in [4.78, 5) is 36.0. The average Bonchev–Trinajstić information content (AvgIpc) is 3.45. The van der Waals surface area contributed by atoms with E-state index in [0.717, 1.165) is 69.7 Å². The summed E-state index contributed by atoms with van der Waals surface area (Å²) in [5.74, 6) is 3.33. The van der Waals surface area contributed by atoms with E-state index in [0.29, 0.717) is 29.7 Å². The summed E-state index contributed by atoms with van der Waals surface area (Å²) in [6, 6.07) is 1.48. The van der Waals surface area contributed by atoms with Crippen molar-refractivity contribution in [3.8, 4) is 0 Å². The van der Waals surface area contributed by atoms with Gasteiger partial charge < -0.3 is 14.8 Å². The standard InChI is InChI=1S/C25H30F2N6O2/c26-19(27)17-4-16(22(34)28-9-17)3-14-5-24(6-14)10-32(11-24)23(35)33-12-25(13-33)7-18(8-25)21-29-20(30-31-21)15-1-2-15/h4,9,14-15,18-19H,1-3,5-8,10-13H2,(H,28,34)(H,29,30,31). The van der Waals surface area contributed by atoms with Crippen molar-refractivity contribution in [2.45, 2.75) is 63.2 Å². The molecule has 5 fully saturated rings. The third kappa shape index (κ3) is 3.59. The predicted molar refractivity (Wildman–Crippen MR) is 122 cm³/mol. The van der Waals surface area contributed by atoms with Crippen molar-refractivity contribution in [2.24, 2.45) is 16.7 Å². The smallest absolute Gasteiger partial charge is 0.320 e. The molecule has 10 heteroatoms. The van der Waals surface area contributed by atoms with Gasteiger partial charge in [-0.3, -0.25) is 9.89 Å². The summed E-state index contributed by atoms with van der Waals surface area (Å²) < 4.78 is 25.9. The van der Waals surface area contributed by atoms with E-state index < -0.39 is 6.43 Å². The molecule has 8 nitrogen and oxygen atoms in total. The van der Waals surface area contributed by atoms with Crippen LogP contribution in [0.25, 0.3) is 0 Å². The zero-order valence-corrected chi connectivity index (χ0v) is 19.6. The molecule has 0 radical (unpaired) electrons. The summed E-state index contributed by atoms with van der Waals surface area (Å²) in [6.45, 7) is 3.20. The lowest BCUT2D eigenvalue weighted by Gasteiger charge is -2.63. The monoisotopic (exact) mass is 484 g/mol. The minimum atomic E-state index is -2.59. The molecule has 2 N–H and O–H groups in total. The Bertz CT molecular complexity index is 1210. The van der Waals surface area contributed by atoms with Gasteiger partial charge >= 0.3 is 6.03 Å². The van der Waals surface area contributed by atoms with E-state index in [2.05, 4.69) is 15.2 Å². The first-order chi connectivity index (χ1) is 16.8. The molecule has 2 spiro atoms. The number of aromatic nitrogens is 4. The SMILES string of the molecule is O=C(N1CC2(CC(Cc3cc(C(F)F)c[nH]c3=O)C2)C1)N1CC2(CC(c3n[nH]c(C4CC4)n3)C2)C1. The van der Waals surface area contributed by atoms with Crippen LogP contribution in [0.3, 0.4) is 0 Å². The van der Waals surface area contributed by atoms with Crippen LogP contribution in [0.4, 0.5) is 13.6 Å². The first-order valence-corrected chi connectivity index (χ1v) is 12.8. The largest absolute Gasteiger partial charge is 0.328 e. The number of H-pyrrole nitrogens is 2. The maximum Gasteiger partial charge on any atom is 0.320 e. The second-order valence-corrected chi connectivity index (χ2v) is 12.0. The predicted octanol–water partition coefficient (Wildman–Crippen LogP) is 3.56. The number of carbonyl (C=O) groups excluding carboxylic acids is 1. The summed E-state index contributed by atoms with van der Waals surface area (Å²) in [6.07, 6.45) is 5.48. The average molecular weight is 485 g/mol. The van der Waals surface area contributed by atoms with Gasteiger partial charge in [0.15, 0.2) is 5.82 Å². The number of hydrogen-bond donors (Lipinski definition) is 2. The molecular weight excluding hydrogens is 454 g/mol. The summed E-state index contributed by atoms with van der Waals surface area (Å²) >= 11 is 0. The molecule has 0 unspecified atom stereocenters. The molecule has 35 heavy (non-hydrogen) atoms. The molecule has 3 saturated carbocycles. The van der Waals surface area contributed by atoms with Gasteiger partial charge in [-0.15, -0.1) is 0 Å². The molecule has 5 aliphatic rings. The van der Waals surface area contributed by atoms with E-state index in [1.807, 2.05) is 9.80 Å². The van der Waals surface area contributed by atoms with Crippen LogP contribution in [0.2, 0.25) is 0 Å². The van der Waals surface area contributed by atoms with Crippen molar-refractivity contribution in [3.63, 3.8) is 0 Å². The maximum atomic E-state index is 12.9. The van der Waals surface area contributed by atoms with Crippen LogP contribution in [-0.4, -0.2) is 62.2 Å². The van der Waals surface area contributed by atoms with Gasteiger partial charge in [-0.1, -0.05) is 0 Å². The first-order valence-electron chi connectivity index (χ1n) is 12.8. The summed E-state index contributed by atoms with van der Waals surface area (Å²) in [7, 11) is 0. The number of alkyl halides is 2. The van der Waals surface area contributed by atoms with Crippen molar-refractivity contribution in [3.05, 3.63) is 45.4 Å². The minimum Gasteiger partial charge on any atom is -0.328 e. The number of nitrogens with zero attached hydrogens (tertiary/aromatic N) is 4. The third-order valence-corrected chi connectivity index (χ3v) is 9.06. The van der Waals surface area contributed by atoms with Gasteiger partial charge in [-0.2, -0.15) is 5.10 Å². The fourth-order valence-electron chi connectivity index (χ4n) is 7.14. The molecule has 0 bridgehead atoms. The topological polar surface area (TPSA) is 98.0 Å². The van der Waals surface area contributed by atoms with Crippen molar-refractivity contribution in [1.82, 2.24) is 30.0 Å². The molecule has 0 aromatic carbocycles. The van der Waals surface area contributed by atoms with Crippen LogP contribution in [0.5, 0.6) is 0 Å². The number of likely N-dealkylation sites (tertiary alicyclic amines) is 2. The fourth-order valence-corrected chi connectivity index (χ4v) is 7.14. The van der Waals surface area contributed by atoms with E-state index in [1.165, 1.54) is 18.9 Å². The van der Waals surface area contributed by atoms with Crippen LogP contribution >= 0.6 is 0 Å². The van der Waals surface area contributed by atoms with Crippen molar-refractivity contribution < 1.29 is 13.6 Å². The van der Waals surface area contributed by atoms with Crippen molar-refractivity contribution >= 4 is 6.03 Å². The van der Waals surface area contributed by atoms with Crippen LogP contribution in [0.15, 0.2) is 17.1 Å². The number of amides is 2. The Morgan fingerprint density at radius 1 is 1.06 bits per heavy atom. The number of hydrogen-bond acceptors (Lipinski definition) is 4. The highest BCUT2D eigenvalue weighted by Crippen LogP contribution is 2.57. The van der Waals surface area contributed by atoms with Crippen LogP contribution in [-0.2, 0) is 6.42 Å². The molecule has 2 aliphatic heterocycles. The number of aromatic amines is 2. The van der Waals surface area contributed by atoms with Crippen LogP contribution in [0.1, 0.15) is 79.6 Å². The zero-order valence-electron chi connectivity index (χ0n) is 19.6. The van der Waals surface area contributed by atoms with Gasteiger partial charge in [0.25, 0.3) is 12.0 Å². The summed E-state index contributed by atoms with van der Waals surface area (Å²) in [5, 5.41) is 7.53. The molecular formula is C25H30F2N6O2. The fraction of sp³-hybridized carbons (Fsp3) is 0.680. The Labute approximate surface area is 201 Å². The van der Waals surface area contributed by atoms with Crippen molar-refractivity contribution in [2.75, 3.05) is 26.2 Å². The Morgan fingerprint density at radius 3 is 2.34 bits per heavy atom. The second kappa shape index (κ2) is 7.36. The molecule has 2 aromatic heterocycles. The summed E-state index contributed by atoms with van der Waals surface area (Å²) in [5.41, 5.74) is 0.431. The molecule has 0 atom stereocenters. The van der Waals surface area contributed by atoms with E-state index in [4.69, 9.17) is 4.98 Å². The Balaban J connectivity index is 0.860. The number of urea groups is 1. The highest BCUT2D eigenvalue weighted by atomic mass is 19.3. The lowest BCUT2D eigenvalue weighted by molar-refractivity contribution is -0.100. The molecule has 2 amide bonds. The quantitative estimate of drug-likeness (QED) is 0.678. The van der Waals surface area contributed by atoms with Crippen molar-refractivity contribution in [1.29, 1.82) is 0 Å². The van der Waals surface area contributed by atoms with Gasteiger partial charge in [0, 0.05) is 66.2 Å². The van der Waals surface area contributed by atoms with E-state index >= 15 is 0 Å². The van der Waals surface area contributed by atoms with Gasteiger partial charge in [0.2, 0.25) is 0 Å². The highest BCUT2D eigenvalue weighted by Gasteiger charge is 2.58. The van der Waals surface area contributed by atoms with Crippen LogP contribution in [0, 0.1) is 16.7 Å². The lowest BCUT2D eigenvalue weighted by Crippen LogP contribution is -2.71. The highest BCUT2D eigenvalue weighted by molar-refractivity contribution is 5.77. The second-order valence-electron chi connectivity index (χ2n) is 12.0. The molecule has 3 aliphatic carbocycles.